The van der Waals surface area contributed by atoms with Crippen LogP contribution in [-0.2, 0) is 6.54 Å². The molecule has 2 N–H and O–H groups in total. The van der Waals surface area contributed by atoms with Crippen molar-refractivity contribution in [3.63, 3.8) is 0 Å². The van der Waals surface area contributed by atoms with Gasteiger partial charge in [0, 0.05) is 24.2 Å². The van der Waals surface area contributed by atoms with Crippen molar-refractivity contribution in [2.24, 2.45) is 0 Å². The van der Waals surface area contributed by atoms with E-state index in [1.165, 1.54) is 6.07 Å². The van der Waals surface area contributed by atoms with Gasteiger partial charge in [-0.1, -0.05) is 12.8 Å². The molecule has 6 heteroatoms. The maximum atomic E-state index is 13.8. The summed E-state index contributed by atoms with van der Waals surface area (Å²) in [6, 6.07) is 2.15. The molecule has 0 saturated heterocycles. The molecule has 0 atom stereocenters. The van der Waals surface area contributed by atoms with Gasteiger partial charge in [0.1, 0.15) is 11.3 Å². The predicted molar refractivity (Wildman–Crippen MR) is 78.9 cm³/mol. The van der Waals surface area contributed by atoms with Crippen LogP contribution < -0.4 is 5.73 Å². The second-order valence-electron chi connectivity index (χ2n) is 6.14. The number of imidazole rings is 1. The third-order valence-corrected chi connectivity index (χ3v) is 4.74. The van der Waals surface area contributed by atoms with Crippen LogP contribution in [0.5, 0.6) is 0 Å². The highest BCUT2D eigenvalue weighted by atomic mass is 19.1. The first kappa shape index (κ1) is 14.3. The summed E-state index contributed by atoms with van der Waals surface area (Å²) in [5.74, 6) is -1.03. The lowest BCUT2D eigenvalue weighted by Crippen LogP contribution is -2.45. The Kier molecular flexibility index (Phi) is 3.36. The lowest BCUT2D eigenvalue weighted by Gasteiger charge is -2.37. The summed E-state index contributed by atoms with van der Waals surface area (Å²) in [5.41, 5.74) is 6.50. The quantitative estimate of drug-likeness (QED) is 0.947. The van der Waals surface area contributed by atoms with Crippen LogP contribution >= 0.6 is 0 Å². The van der Waals surface area contributed by atoms with E-state index >= 15 is 0 Å². The second kappa shape index (κ2) is 4.94. The Hall–Kier alpha value is -1.69. The summed E-state index contributed by atoms with van der Waals surface area (Å²) in [4.78, 5) is 6.26. The number of hydrogen-bond donors (Lipinski definition) is 1. The first-order valence-corrected chi connectivity index (χ1v) is 7.21. The molecule has 1 fully saturated rings. The molecule has 1 aliphatic rings. The first-order chi connectivity index (χ1) is 9.93. The largest absolute Gasteiger partial charge is 0.369 e. The molecule has 0 spiro atoms. The first-order valence-electron chi connectivity index (χ1n) is 7.21. The highest BCUT2D eigenvalue weighted by Crippen LogP contribution is 2.37. The minimum absolute atomic E-state index is 0.0233. The molecule has 0 bridgehead atoms. The van der Waals surface area contributed by atoms with Crippen LogP contribution in [0, 0.1) is 11.6 Å². The Morgan fingerprint density at radius 3 is 2.57 bits per heavy atom. The molecule has 1 aromatic heterocycles. The van der Waals surface area contributed by atoms with Gasteiger partial charge in [-0.15, -0.1) is 0 Å². The van der Waals surface area contributed by atoms with E-state index in [1.54, 1.807) is 4.57 Å². The fraction of sp³-hybridized carbons (Fsp3) is 0.533. The monoisotopic (exact) mass is 294 g/mol. The molecule has 4 nitrogen and oxygen atoms in total. The van der Waals surface area contributed by atoms with Gasteiger partial charge in [-0.25, -0.2) is 13.8 Å². The van der Waals surface area contributed by atoms with Crippen LogP contribution in [0.3, 0.4) is 0 Å². The zero-order chi connectivity index (χ0) is 15.2. The van der Waals surface area contributed by atoms with E-state index in [0.29, 0.717) is 12.1 Å². The maximum absolute atomic E-state index is 13.8. The number of halogens is 2. The Labute approximate surface area is 122 Å². The van der Waals surface area contributed by atoms with Gasteiger partial charge in [0.25, 0.3) is 0 Å². The van der Waals surface area contributed by atoms with Crippen LogP contribution in [-0.4, -0.2) is 34.1 Å². The fourth-order valence-corrected chi connectivity index (χ4v) is 3.41. The van der Waals surface area contributed by atoms with E-state index in [2.05, 4.69) is 9.88 Å². The summed E-state index contributed by atoms with van der Waals surface area (Å²) < 4.78 is 29.1. The molecule has 1 saturated carbocycles. The predicted octanol–water partition coefficient (Wildman–Crippen LogP) is 2.77. The number of nitrogens with zero attached hydrogens (tertiary/aromatic N) is 3. The molecule has 3 rings (SSSR count). The molecule has 0 amide bonds. The number of anilines is 1. The number of benzene rings is 1. The molecular weight excluding hydrogens is 274 g/mol. The zero-order valence-corrected chi connectivity index (χ0v) is 12.4. The number of fused-ring (bicyclic) bond motifs is 1. The SMILES string of the molecule is CN(C)C1(Cn2c(N)nc3c(F)cc(F)cc32)CCCC1. The smallest absolute Gasteiger partial charge is 0.201 e. The zero-order valence-electron chi connectivity index (χ0n) is 12.4. The average molecular weight is 294 g/mol. The molecule has 21 heavy (non-hydrogen) atoms. The fourth-order valence-electron chi connectivity index (χ4n) is 3.41. The van der Waals surface area contributed by atoms with Gasteiger partial charge in [0.05, 0.1) is 5.52 Å². The topological polar surface area (TPSA) is 47.1 Å². The molecule has 2 aromatic rings. The third kappa shape index (κ3) is 2.27. The van der Waals surface area contributed by atoms with E-state index in [0.717, 1.165) is 31.7 Å². The number of rotatable bonds is 3. The van der Waals surface area contributed by atoms with E-state index in [4.69, 9.17) is 5.73 Å². The number of nitrogen functional groups attached to an aromatic ring is 1. The molecule has 1 heterocycles. The van der Waals surface area contributed by atoms with Crippen molar-refractivity contribution in [2.45, 2.75) is 37.8 Å². The maximum Gasteiger partial charge on any atom is 0.201 e. The highest BCUT2D eigenvalue weighted by Gasteiger charge is 2.37. The van der Waals surface area contributed by atoms with Crippen LogP contribution in [0.25, 0.3) is 11.0 Å². The highest BCUT2D eigenvalue weighted by molar-refractivity contribution is 5.79. The van der Waals surface area contributed by atoms with Crippen molar-refractivity contribution in [1.29, 1.82) is 0 Å². The van der Waals surface area contributed by atoms with Crippen LogP contribution in [0.2, 0.25) is 0 Å². The summed E-state index contributed by atoms with van der Waals surface area (Å²) in [7, 11) is 4.09. The van der Waals surface area contributed by atoms with E-state index in [1.807, 2.05) is 14.1 Å². The molecule has 0 unspecified atom stereocenters. The third-order valence-electron chi connectivity index (χ3n) is 4.74. The Morgan fingerprint density at radius 2 is 1.95 bits per heavy atom. The van der Waals surface area contributed by atoms with Crippen molar-refractivity contribution >= 4 is 17.0 Å². The van der Waals surface area contributed by atoms with E-state index < -0.39 is 11.6 Å². The van der Waals surface area contributed by atoms with E-state index in [9.17, 15) is 8.78 Å². The molecular formula is C15H20F2N4. The van der Waals surface area contributed by atoms with Crippen molar-refractivity contribution < 1.29 is 8.78 Å². The minimum Gasteiger partial charge on any atom is -0.369 e. The normalized spacial score (nSPS) is 18.0. The van der Waals surface area contributed by atoms with Crippen LogP contribution in [0.15, 0.2) is 12.1 Å². The van der Waals surface area contributed by atoms with Gasteiger partial charge < -0.3 is 15.2 Å². The molecule has 114 valence electrons. The van der Waals surface area contributed by atoms with Gasteiger partial charge in [0.2, 0.25) is 5.95 Å². The molecule has 0 aliphatic heterocycles. The van der Waals surface area contributed by atoms with Crippen LogP contribution in [0.4, 0.5) is 14.7 Å². The summed E-state index contributed by atoms with van der Waals surface area (Å²) >= 11 is 0. The van der Waals surface area contributed by atoms with Gasteiger partial charge in [-0.05, 0) is 26.9 Å². The molecule has 0 radical (unpaired) electrons. The van der Waals surface area contributed by atoms with Gasteiger partial charge in [-0.3, -0.25) is 0 Å². The lowest BCUT2D eigenvalue weighted by molar-refractivity contribution is 0.136. The van der Waals surface area contributed by atoms with E-state index in [-0.39, 0.29) is 17.0 Å². The molecule has 1 aliphatic carbocycles. The van der Waals surface area contributed by atoms with Gasteiger partial charge in [0.15, 0.2) is 5.82 Å². The number of nitrogens with two attached hydrogens (primary N) is 1. The second-order valence-corrected chi connectivity index (χ2v) is 6.14. The van der Waals surface area contributed by atoms with Crippen molar-refractivity contribution in [1.82, 2.24) is 14.5 Å². The van der Waals surface area contributed by atoms with Gasteiger partial charge >= 0.3 is 0 Å². The van der Waals surface area contributed by atoms with Crippen molar-refractivity contribution in [2.75, 3.05) is 19.8 Å². The Morgan fingerprint density at radius 1 is 1.29 bits per heavy atom. The Bertz CT molecular complexity index is 672. The summed E-state index contributed by atoms with van der Waals surface area (Å²) in [6.45, 7) is 0.602. The number of aromatic nitrogens is 2. The number of hydrogen-bond acceptors (Lipinski definition) is 3. The standard InChI is InChI=1S/C15H20F2N4/c1-20(2)15(5-3-4-6-15)9-21-12-8-10(16)7-11(17)13(12)19-14(21)18/h7-8H,3-6,9H2,1-2H3,(H2,18,19). The summed E-state index contributed by atoms with van der Waals surface area (Å²) in [6.07, 6.45) is 4.43. The Balaban J connectivity index is 2.10. The van der Waals surface area contributed by atoms with Gasteiger partial charge in [-0.2, -0.15) is 0 Å². The molecule has 1 aromatic carbocycles. The van der Waals surface area contributed by atoms with Crippen LogP contribution in [0.1, 0.15) is 25.7 Å². The van der Waals surface area contributed by atoms with Crippen molar-refractivity contribution in [3.8, 4) is 0 Å². The lowest BCUT2D eigenvalue weighted by atomic mass is 9.96. The summed E-state index contributed by atoms with van der Waals surface area (Å²) in [5, 5.41) is 0. The van der Waals surface area contributed by atoms with Crippen molar-refractivity contribution in [3.05, 3.63) is 23.8 Å². The minimum atomic E-state index is -0.666. The number of likely N-dealkylation sites (N-methyl/N-ethyl adjacent to an activating group) is 1. The average Bonchev–Trinajstić information content (AvgIpc) is 2.99.